The molecule has 4 N–H and O–H groups in total. The monoisotopic (exact) mass is 283 g/mol. The second kappa shape index (κ2) is 4.50. The van der Waals surface area contributed by atoms with Gasteiger partial charge in [0.2, 0.25) is 0 Å². The highest BCUT2D eigenvalue weighted by Crippen LogP contribution is 2.56. The first-order valence-corrected chi connectivity index (χ1v) is 7.29. The van der Waals surface area contributed by atoms with Gasteiger partial charge in [0.25, 0.3) is 0 Å². The first-order valence-electron chi connectivity index (χ1n) is 6.41. The third kappa shape index (κ3) is 1.96. The van der Waals surface area contributed by atoms with Crippen LogP contribution in [-0.4, -0.2) is 36.7 Å². The summed E-state index contributed by atoms with van der Waals surface area (Å²) in [7, 11) is 0. The zero-order chi connectivity index (χ0) is 13.6. The summed E-state index contributed by atoms with van der Waals surface area (Å²) in [6.07, 6.45) is 3.37. The molecule has 0 bridgehead atoms. The Morgan fingerprint density at radius 1 is 1.47 bits per heavy atom. The molecule has 1 aromatic rings. The number of aromatic nitrogens is 2. The lowest BCUT2D eigenvalue weighted by atomic mass is 9.95. The predicted octanol–water partition coefficient (Wildman–Crippen LogP) is 0.106. The maximum Gasteiger partial charge on any atom is 0.350 e. The third-order valence-corrected chi connectivity index (χ3v) is 5.99. The van der Waals surface area contributed by atoms with Crippen LogP contribution in [0.3, 0.4) is 0 Å². The zero-order valence-electron chi connectivity index (χ0n) is 10.4. The van der Waals surface area contributed by atoms with E-state index in [0.717, 1.165) is 12.8 Å². The fourth-order valence-electron chi connectivity index (χ4n) is 3.09. The Hall–Kier alpha value is -1.05. The molecule has 1 saturated carbocycles. The molecule has 0 amide bonds. The van der Waals surface area contributed by atoms with E-state index in [4.69, 9.17) is 5.73 Å². The van der Waals surface area contributed by atoms with Gasteiger partial charge in [0, 0.05) is 12.6 Å². The number of hydrogen-bond donors (Lipinski definition) is 3. The van der Waals surface area contributed by atoms with E-state index in [1.54, 1.807) is 12.3 Å². The van der Waals surface area contributed by atoms with Crippen molar-refractivity contribution >= 4 is 17.6 Å². The third-order valence-electron chi connectivity index (χ3n) is 4.12. The van der Waals surface area contributed by atoms with Crippen LogP contribution in [0.15, 0.2) is 17.1 Å². The van der Waals surface area contributed by atoms with Crippen molar-refractivity contribution in [1.29, 1.82) is 0 Å². The summed E-state index contributed by atoms with van der Waals surface area (Å²) in [4.78, 5) is 15.5. The van der Waals surface area contributed by atoms with Crippen molar-refractivity contribution in [2.75, 3.05) is 5.73 Å². The fourth-order valence-corrected chi connectivity index (χ4v) is 4.94. The average Bonchev–Trinajstić information content (AvgIpc) is 2.86. The van der Waals surface area contributed by atoms with Crippen LogP contribution in [0.5, 0.6) is 0 Å². The van der Waals surface area contributed by atoms with Crippen molar-refractivity contribution in [1.82, 2.24) is 9.55 Å². The van der Waals surface area contributed by atoms with Crippen LogP contribution in [0.1, 0.15) is 31.1 Å². The van der Waals surface area contributed by atoms with Crippen molar-refractivity contribution in [2.24, 2.45) is 0 Å². The molecule has 1 spiro atoms. The molecule has 0 unspecified atom stereocenters. The molecule has 1 aliphatic heterocycles. The second-order valence-corrected chi connectivity index (χ2v) is 6.77. The fraction of sp³-hybridized carbons (Fsp3) is 0.667. The van der Waals surface area contributed by atoms with E-state index >= 15 is 0 Å². The number of nitrogens with two attached hydrogens (primary N) is 1. The summed E-state index contributed by atoms with van der Waals surface area (Å²) in [5.41, 5.74) is 5.06. The minimum absolute atomic E-state index is 0.191. The molecule has 2 aliphatic rings. The highest BCUT2D eigenvalue weighted by Gasteiger charge is 2.54. The van der Waals surface area contributed by atoms with Gasteiger partial charge in [-0.3, -0.25) is 4.57 Å². The van der Waals surface area contributed by atoms with Crippen molar-refractivity contribution in [2.45, 2.75) is 48.0 Å². The minimum Gasteiger partial charge on any atom is -0.392 e. The summed E-state index contributed by atoms with van der Waals surface area (Å²) < 4.78 is 0.968. The molecule has 1 aromatic heterocycles. The number of anilines is 1. The van der Waals surface area contributed by atoms with Gasteiger partial charge >= 0.3 is 5.69 Å². The van der Waals surface area contributed by atoms with Gasteiger partial charge in [-0.05, 0) is 25.3 Å². The Bertz CT molecular complexity index is 549. The Morgan fingerprint density at radius 3 is 2.89 bits per heavy atom. The molecule has 0 radical (unpaired) electrons. The molecule has 19 heavy (non-hydrogen) atoms. The molecule has 6 nitrogen and oxygen atoms in total. The van der Waals surface area contributed by atoms with Crippen molar-refractivity contribution in [3.63, 3.8) is 0 Å². The molecular weight excluding hydrogens is 266 g/mol. The molecule has 2 fully saturated rings. The average molecular weight is 283 g/mol. The highest BCUT2D eigenvalue weighted by atomic mass is 32.2. The van der Waals surface area contributed by atoms with E-state index in [1.807, 2.05) is 0 Å². The minimum atomic E-state index is -0.593. The Balaban J connectivity index is 1.91. The van der Waals surface area contributed by atoms with E-state index in [9.17, 15) is 15.0 Å². The SMILES string of the molecule is Nc1ccn([C@H]2C[C@H](O)[C@@]3(CCC[C@@H]3O)S2)c(=O)n1. The second-order valence-electron chi connectivity index (χ2n) is 5.23. The molecule has 7 heteroatoms. The molecular formula is C12H17N3O3S. The maximum atomic E-state index is 11.8. The number of rotatable bonds is 1. The van der Waals surface area contributed by atoms with Crippen LogP contribution < -0.4 is 11.4 Å². The lowest BCUT2D eigenvalue weighted by molar-refractivity contribution is 0.0558. The topological polar surface area (TPSA) is 101 Å². The van der Waals surface area contributed by atoms with E-state index in [-0.39, 0.29) is 11.2 Å². The van der Waals surface area contributed by atoms with Crippen LogP contribution in [0.4, 0.5) is 5.82 Å². The smallest absolute Gasteiger partial charge is 0.350 e. The predicted molar refractivity (Wildman–Crippen MR) is 72.8 cm³/mol. The van der Waals surface area contributed by atoms with Crippen LogP contribution in [-0.2, 0) is 0 Å². The van der Waals surface area contributed by atoms with Crippen LogP contribution in [0.2, 0.25) is 0 Å². The van der Waals surface area contributed by atoms with Gasteiger partial charge in [0.1, 0.15) is 5.82 Å². The van der Waals surface area contributed by atoms with Gasteiger partial charge in [-0.2, -0.15) is 4.98 Å². The first-order chi connectivity index (χ1) is 9.03. The molecule has 3 rings (SSSR count). The zero-order valence-corrected chi connectivity index (χ0v) is 11.2. The maximum absolute atomic E-state index is 11.8. The van der Waals surface area contributed by atoms with Gasteiger partial charge in [-0.25, -0.2) is 4.79 Å². The summed E-state index contributed by atoms with van der Waals surface area (Å²) >= 11 is 1.49. The van der Waals surface area contributed by atoms with Gasteiger partial charge < -0.3 is 15.9 Å². The molecule has 0 aromatic carbocycles. The van der Waals surface area contributed by atoms with Crippen LogP contribution >= 0.6 is 11.8 Å². The number of nitrogens with zero attached hydrogens (tertiary/aromatic N) is 2. The van der Waals surface area contributed by atoms with Crippen molar-refractivity contribution in [3.05, 3.63) is 22.7 Å². The summed E-state index contributed by atoms with van der Waals surface area (Å²) in [5, 5.41) is 20.2. The standard InChI is InChI=1S/C12H17N3O3S/c13-9-3-5-15(11(18)14-9)10-6-8(17)12(19-10)4-1-2-7(12)16/h3,5,7-8,10,16-17H,1-2,4,6H2,(H2,13,14,18)/t7-,8-,10+,12-/m0/s1. The van der Waals surface area contributed by atoms with Crippen LogP contribution in [0, 0.1) is 0 Å². The normalized spacial score (nSPS) is 38.1. The molecule has 2 heterocycles. The number of hydrogen-bond acceptors (Lipinski definition) is 6. The molecule has 1 aliphatic carbocycles. The van der Waals surface area contributed by atoms with Gasteiger partial charge in [-0.1, -0.05) is 0 Å². The Kier molecular flexibility index (Phi) is 3.07. The van der Waals surface area contributed by atoms with E-state index in [0.29, 0.717) is 12.8 Å². The number of aliphatic hydroxyl groups excluding tert-OH is 2. The van der Waals surface area contributed by atoms with E-state index < -0.39 is 22.6 Å². The van der Waals surface area contributed by atoms with Gasteiger partial charge in [-0.15, -0.1) is 11.8 Å². The largest absolute Gasteiger partial charge is 0.392 e. The van der Waals surface area contributed by atoms with Gasteiger partial charge in [0.15, 0.2) is 0 Å². The molecule has 104 valence electrons. The summed E-state index contributed by atoms with van der Waals surface area (Å²) in [6, 6.07) is 1.57. The number of nitrogen functional groups attached to an aromatic ring is 1. The summed E-state index contributed by atoms with van der Waals surface area (Å²) in [6.45, 7) is 0. The molecule has 4 atom stereocenters. The van der Waals surface area contributed by atoms with E-state index in [2.05, 4.69) is 4.98 Å². The van der Waals surface area contributed by atoms with Gasteiger partial charge in [0.05, 0.1) is 22.3 Å². The lowest BCUT2D eigenvalue weighted by Gasteiger charge is -2.30. The molecule has 1 saturated heterocycles. The van der Waals surface area contributed by atoms with Crippen molar-refractivity contribution in [3.8, 4) is 0 Å². The van der Waals surface area contributed by atoms with Crippen LogP contribution in [0.25, 0.3) is 0 Å². The number of thioether (sulfide) groups is 1. The quantitative estimate of drug-likeness (QED) is 0.676. The first kappa shape index (κ1) is 13.0. The lowest BCUT2D eigenvalue weighted by Crippen LogP contribution is -2.41. The van der Waals surface area contributed by atoms with E-state index in [1.165, 1.54) is 16.3 Å². The highest BCUT2D eigenvalue weighted by molar-refractivity contribution is 8.01. The Labute approximate surface area is 114 Å². The Morgan fingerprint density at radius 2 is 2.26 bits per heavy atom. The summed E-state index contributed by atoms with van der Waals surface area (Å²) in [5.74, 6) is 0.195. The van der Waals surface area contributed by atoms with Crippen molar-refractivity contribution < 1.29 is 10.2 Å². The number of aliphatic hydroxyl groups is 2.